The van der Waals surface area contributed by atoms with Gasteiger partial charge in [0.25, 0.3) is 0 Å². The predicted octanol–water partition coefficient (Wildman–Crippen LogP) is 0.973. The molecule has 2 aromatic rings. The molecule has 1 fully saturated rings. The molecule has 9 nitrogen and oxygen atoms in total. The maximum Gasteiger partial charge on any atom is 0.327 e. The van der Waals surface area contributed by atoms with E-state index in [2.05, 4.69) is 26.8 Å². The normalized spacial score (nSPS) is 15.8. The van der Waals surface area contributed by atoms with Crippen LogP contribution in [0, 0.1) is 5.92 Å². The number of nitrogens with one attached hydrogen (secondary N) is 1. The number of fused-ring (bicyclic) bond motifs is 1. The Morgan fingerprint density at radius 1 is 1.30 bits per heavy atom. The molecule has 3 rings (SSSR count). The van der Waals surface area contributed by atoms with Crippen LogP contribution in [0.15, 0.2) is 4.79 Å². The highest BCUT2D eigenvalue weighted by Gasteiger charge is 2.22. The minimum Gasteiger partial charge on any atom is -0.463 e. The highest BCUT2D eigenvalue weighted by molar-refractivity contribution is 5.85. The van der Waals surface area contributed by atoms with E-state index in [1.807, 2.05) is 0 Å². The van der Waals surface area contributed by atoms with Crippen LogP contribution in [0.2, 0.25) is 0 Å². The number of imidazole rings is 1. The van der Waals surface area contributed by atoms with Crippen molar-refractivity contribution in [3.63, 3.8) is 0 Å². The summed E-state index contributed by atoms with van der Waals surface area (Å²) in [6.45, 7) is 6.90. The van der Waals surface area contributed by atoms with E-state index in [4.69, 9.17) is 16.2 Å². The van der Waals surface area contributed by atoms with Crippen molar-refractivity contribution in [1.82, 2.24) is 24.4 Å². The summed E-state index contributed by atoms with van der Waals surface area (Å²) in [6, 6.07) is 0.231. The highest BCUT2D eigenvalue weighted by Crippen LogP contribution is 2.22. The number of halogens is 1. The van der Waals surface area contributed by atoms with E-state index < -0.39 is 0 Å². The molecule has 0 amide bonds. The Labute approximate surface area is 164 Å². The summed E-state index contributed by atoms with van der Waals surface area (Å²) in [5.41, 5.74) is 12.4. The van der Waals surface area contributed by atoms with Gasteiger partial charge in [0, 0.05) is 19.6 Å². The summed E-state index contributed by atoms with van der Waals surface area (Å²) in [6.07, 6.45) is 4.02. The van der Waals surface area contributed by atoms with E-state index in [0.717, 1.165) is 45.3 Å². The molecule has 0 aromatic carbocycles. The molecule has 5 N–H and O–H groups in total. The van der Waals surface area contributed by atoms with E-state index >= 15 is 0 Å². The number of aromatic amines is 1. The molecule has 0 aliphatic carbocycles. The van der Waals surface area contributed by atoms with Gasteiger partial charge in [-0.25, -0.2) is 4.79 Å². The molecule has 0 radical (unpaired) electrons. The van der Waals surface area contributed by atoms with Gasteiger partial charge in [0.05, 0.1) is 6.61 Å². The monoisotopic (exact) mass is 399 g/mol. The third-order valence-corrected chi connectivity index (χ3v) is 4.95. The predicted molar refractivity (Wildman–Crippen MR) is 108 cm³/mol. The molecule has 1 aliphatic rings. The third kappa shape index (κ3) is 5.12. The van der Waals surface area contributed by atoms with Gasteiger partial charge in [-0.05, 0) is 38.3 Å². The molecule has 152 valence electrons. The smallest absolute Gasteiger partial charge is 0.327 e. The number of nitrogens with two attached hydrogens (primary N) is 2. The number of unbranched alkanes of at least 4 members (excludes halogenated alkanes) is 1. The van der Waals surface area contributed by atoms with Gasteiger partial charge in [0.1, 0.15) is 5.52 Å². The molecular formula is C17H30ClN7O2. The first-order valence-corrected chi connectivity index (χ1v) is 9.43. The third-order valence-electron chi connectivity index (χ3n) is 4.95. The maximum atomic E-state index is 12.4. The maximum absolute atomic E-state index is 12.4. The zero-order valence-corrected chi connectivity index (χ0v) is 16.6. The lowest BCUT2D eigenvalue weighted by atomic mass is 9.97. The van der Waals surface area contributed by atoms with Gasteiger partial charge in [-0.15, -0.1) is 12.4 Å². The Hall–Kier alpha value is -1.84. The fourth-order valence-electron chi connectivity index (χ4n) is 3.41. The van der Waals surface area contributed by atoms with Crippen LogP contribution in [0.3, 0.4) is 0 Å². The fourth-order valence-corrected chi connectivity index (χ4v) is 3.41. The summed E-state index contributed by atoms with van der Waals surface area (Å²) in [4.78, 5) is 26.1. The summed E-state index contributed by atoms with van der Waals surface area (Å²) < 4.78 is 7.25. The second-order valence-electron chi connectivity index (χ2n) is 6.91. The minimum atomic E-state index is -0.198. The van der Waals surface area contributed by atoms with E-state index in [9.17, 15) is 4.79 Å². The molecule has 3 heterocycles. The SMILES string of the molecule is CCCCOc1nc(N)c2[nH]c(=O)n(CC3CCN(CCN)CC3)c2n1.Cl. The van der Waals surface area contributed by atoms with E-state index in [1.165, 1.54) is 0 Å². The van der Waals surface area contributed by atoms with Crippen molar-refractivity contribution in [3.8, 4) is 6.01 Å². The summed E-state index contributed by atoms with van der Waals surface area (Å²) in [7, 11) is 0. The number of anilines is 1. The topological polar surface area (TPSA) is 128 Å². The van der Waals surface area contributed by atoms with E-state index in [1.54, 1.807) is 4.57 Å². The fraction of sp³-hybridized carbons (Fsp3) is 0.706. The van der Waals surface area contributed by atoms with Crippen LogP contribution < -0.4 is 21.9 Å². The van der Waals surface area contributed by atoms with Crippen molar-refractivity contribution < 1.29 is 4.74 Å². The Morgan fingerprint density at radius 2 is 2.04 bits per heavy atom. The van der Waals surface area contributed by atoms with E-state index in [0.29, 0.717) is 36.8 Å². The van der Waals surface area contributed by atoms with E-state index in [-0.39, 0.29) is 29.9 Å². The van der Waals surface area contributed by atoms with Gasteiger partial charge in [-0.1, -0.05) is 13.3 Å². The number of aromatic nitrogens is 4. The van der Waals surface area contributed by atoms with Crippen LogP contribution in [0.1, 0.15) is 32.6 Å². The summed E-state index contributed by atoms with van der Waals surface area (Å²) in [5, 5.41) is 0. The number of H-pyrrole nitrogens is 1. The lowest BCUT2D eigenvalue weighted by Crippen LogP contribution is -2.38. The standard InChI is InChI=1S/C17H29N7O2.ClH/c1-2-3-10-26-16-21-14(19)13-15(22-16)24(17(25)20-13)11-12-4-7-23(8-5-12)9-6-18;/h12H,2-11,18H2,1H3,(H,20,25)(H2,19,21,22);1H. The van der Waals surface area contributed by atoms with Crippen LogP contribution in [0.25, 0.3) is 11.2 Å². The summed E-state index contributed by atoms with van der Waals surface area (Å²) in [5.74, 6) is 0.677. The molecule has 0 unspecified atom stereocenters. The number of nitrogen functional groups attached to an aromatic ring is 1. The van der Waals surface area contributed by atoms with Gasteiger partial charge in [-0.2, -0.15) is 9.97 Å². The Kier molecular flexibility index (Phi) is 7.88. The first-order chi connectivity index (χ1) is 12.6. The zero-order chi connectivity index (χ0) is 18.5. The number of likely N-dealkylation sites (tertiary alicyclic amines) is 1. The van der Waals surface area contributed by atoms with Crippen molar-refractivity contribution >= 4 is 29.4 Å². The van der Waals surface area contributed by atoms with Crippen molar-refractivity contribution in [1.29, 1.82) is 0 Å². The number of hydrogen-bond donors (Lipinski definition) is 3. The average molecular weight is 400 g/mol. The molecule has 0 atom stereocenters. The zero-order valence-electron chi connectivity index (χ0n) is 15.8. The minimum absolute atomic E-state index is 0. The Morgan fingerprint density at radius 3 is 2.70 bits per heavy atom. The number of hydrogen-bond acceptors (Lipinski definition) is 7. The second-order valence-corrected chi connectivity index (χ2v) is 6.91. The molecule has 0 bridgehead atoms. The summed E-state index contributed by atoms with van der Waals surface area (Å²) >= 11 is 0. The lowest BCUT2D eigenvalue weighted by molar-refractivity contribution is 0.177. The van der Waals surface area contributed by atoms with Crippen LogP contribution in [0.5, 0.6) is 6.01 Å². The van der Waals surface area contributed by atoms with Crippen molar-refractivity contribution in [3.05, 3.63) is 10.5 Å². The molecule has 1 saturated heterocycles. The second kappa shape index (κ2) is 9.91. The largest absolute Gasteiger partial charge is 0.463 e. The van der Waals surface area contributed by atoms with Gasteiger partial charge >= 0.3 is 11.7 Å². The first-order valence-electron chi connectivity index (χ1n) is 9.43. The number of rotatable bonds is 8. The molecule has 0 spiro atoms. The van der Waals surface area contributed by atoms with Gasteiger partial charge < -0.3 is 26.1 Å². The molecule has 27 heavy (non-hydrogen) atoms. The van der Waals surface area contributed by atoms with Crippen LogP contribution in [0.4, 0.5) is 5.82 Å². The number of nitrogens with zero attached hydrogens (tertiary/aromatic N) is 4. The van der Waals surface area contributed by atoms with Gasteiger partial charge in [0.2, 0.25) is 0 Å². The van der Waals surface area contributed by atoms with Crippen LogP contribution >= 0.6 is 12.4 Å². The highest BCUT2D eigenvalue weighted by atomic mass is 35.5. The molecule has 10 heteroatoms. The lowest BCUT2D eigenvalue weighted by Gasteiger charge is -2.31. The van der Waals surface area contributed by atoms with Crippen molar-refractivity contribution in [2.45, 2.75) is 39.2 Å². The molecule has 0 saturated carbocycles. The van der Waals surface area contributed by atoms with Gasteiger partial charge in [-0.3, -0.25) is 4.57 Å². The first kappa shape index (κ1) is 21.5. The Bertz CT molecular complexity index is 783. The average Bonchev–Trinajstić information content (AvgIpc) is 2.94. The van der Waals surface area contributed by atoms with Crippen molar-refractivity contribution in [2.75, 3.05) is 38.5 Å². The van der Waals surface area contributed by atoms with Crippen molar-refractivity contribution in [2.24, 2.45) is 11.7 Å². The quantitative estimate of drug-likeness (QED) is 0.564. The molecule has 1 aliphatic heterocycles. The van der Waals surface area contributed by atoms with Crippen LogP contribution in [-0.4, -0.2) is 57.2 Å². The Balaban J connectivity index is 0.00000261. The van der Waals surface area contributed by atoms with Crippen LogP contribution in [-0.2, 0) is 6.54 Å². The molecule has 2 aromatic heterocycles. The van der Waals surface area contributed by atoms with Gasteiger partial charge in [0.15, 0.2) is 11.5 Å². The number of ether oxygens (including phenoxy) is 1. The number of piperidine rings is 1. The molecular weight excluding hydrogens is 370 g/mol.